The minimum atomic E-state index is -5.08. The number of carboxylic acid groups (broad SMARTS) is 2. The zero-order valence-electron chi connectivity index (χ0n) is 19.1. The van der Waals surface area contributed by atoms with Crippen LogP contribution in [0.15, 0.2) is 24.5 Å². The second-order valence-corrected chi connectivity index (χ2v) is 8.39. The quantitative estimate of drug-likeness (QED) is 0.592. The Kier molecular flexibility index (Phi) is 10.5. The third kappa shape index (κ3) is 9.34. The number of amides is 1. The molecule has 3 rings (SSSR count). The summed E-state index contributed by atoms with van der Waals surface area (Å²) in [6.45, 7) is 8.16. The van der Waals surface area contributed by atoms with Gasteiger partial charge in [-0.3, -0.25) is 14.7 Å². The number of aliphatic carboxylic acids is 2. The van der Waals surface area contributed by atoms with Gasteiger partial charge < -0.3 is 15.1 Å². The van der Waals surface area contributed by atoms with E-state index in [0.29, 0.717) is 11.9 Å². The van der Waals surface area contributed by atoms with Gasteiger partial charge in [-0.2, -0.15) is 26.3 Å². The van der Waals surface area contributed by atoms with Gasteiger partial charge in [-0.15, -0.1) is 0 Å². The Morgan fingerprint density at radius 3 is 1.91 bits per heavy atom. The van der Waals surface area contributed by atoms with Crippen molar-refractivity contribution in [3.05, 3.63) is 30.1 Å². The van der Waals surface area contributed by atoms with Gasteiger partial charge in [-0.25, -0.2) is 9.59 Å². The predicted octanol–water partition coefficient (Wildman–Crippen LogP) is 3.57. The first-order chi connectivity index (χ1) is 16.0. The van der Waals surface area contributed by atoms with Crippen molar-refractivity contribution in [1.82, 2.24) is 14.8 Å². The van der Waals surface area contributed by atoms with Gasteiger partial charge in [-0.1, -0.05) is 0 Å². The lowest BCUT2D eigenvalue weighted by atomic mass is 9.78. The number of aromatic nitrogens is 1. The normalized spacial score (nSPS) is 20.7. The summed E-state index contributed by atoms with van der Waals surface area (Å²) < 4.78 is 63.5. The first kappa shape index (κ1) is 30.1. The standard InChI is InChI=1S/C17H25N3O.2C2HF3O2/c1-14(2)20-10-3-6-17(13-20)7-11-19(16(17)21)12-15-4-8-18-9-5-15;2*3-2(4,5)1(6)7/h4-5,8-9,14H,3,6-7,10-13H2,1-2H3;2*(H,6,7). The summed E-state index contributed by atoms with van der Waals surface area (Å²) in [4.78, 5) is 39.3. The molecule has 0 aliphatic carbocycles. The highest BCUT2D eigenvalue weighted by Gasteiger charge is 2.48. The van der Waals surface area contributed by atoms with Gasteiger partial charge in [0, 0.05) is 38.1 Å². The Morgan fingerprint density at radius 2 is 1.49 bits per heavy atom. The largest absolute Gasteiger partial charge is 0.490 e. The molecule has 0 saturated carbocycles. The van der Waals surface area contributed by atoms with Crippen LogP contribution in [0, 0.1) is 5.41 Å². The lowest BCUT2D eigenvalue weighted by Gasteiger charge is -2.41. The third-order valence-corrected chi connectivity index (χ3v) is 5.55. The Morgan fingerprint density at radius 1 is 1.00 bits per heavy atom. The van der Waals surface area contributed by atoms with Gasteiger partial charge in [0.15, 0.2) is 0 Å². The van der Waals surface area contributed by atoms with Gasteiger partial charge in [0.1, 0.15) is 0 Å². The summed E-state index contributed by atoms with van der Waals surface area (Å²) in [6.07, 6.45) is -3.35. The fourth-order valence-corrected chi connectivity index (χ4v) is 3.74. The van der Waals surface area contributed by atoms with Crippen molar-refractivity contribution in [2.75, 3.05) is 19.6 Å². The average molecular weight is 515 g/mol. The Labute approximate surface area is 197 Å². The number of halogens is 6. The van der Waals surface area contributed by atoms with E-state index in [1.807, 2.05) is 17.0 Å². The number of hydrogen-bond donors (Lipinski definition) is 2. The van der Waals surface area contributed by atoms with Crippen LogP contribution in [0.25, 0.3) is 0 Å². The molecule has 14 heteroatoms. The predicted molar refractivity (Wildman–Crippen MR) is 110 cm³/mol. The van der Waals surface area contributed by atoms with Crippen LogP contribution in [0.4, 0.5) is 26.3 Å². The molecule has 35 heavy (non-hydrogen) atoms. The number of nitrogens with zero attached hydrogens (tertiary/aromatic N) is 3. The van der Waals surface area contributed by atoms with E-state index in [4.69, 9.17) is 19.8 Å². The van der Waals surface area contributed by atoms with Crippen LogP contribution in [-0.4, -0.2) is 80.9 Å². The first-order valence-corrected chi connectivity index (χ1v) is 10.5. The molecule has 1 aromatic rings. The van der Waals surface area contributed by atoms with Crippen LogP contribution < -0.4 is 0 Å². The number of alkyl halides is 6. The van der Waals surface area contributed by atoms with Crippen LogP contribution in [-0.2, 0) is 20.9 Å². The van der Waals surface area contributed by atoms with E-state index in [1.165, 1.54) is 5.56 Å². The molecule has 1 amide bonds. The number of piperidine rings is 1. The summed E-state index contributed by atoms with van der Waals surface area (Å²) in [7, 11) is 0. The SMILES string of the molecule is CC(C)N1CCCC2(CCN(Cc3ccncc3)C2=O)C1.O=C(O)C(F)(F)F.O=C(O)C(F)(F)F. The molecule has 2 N–H and O–H groups in total. The maximum atomic E-state index is 12.9. The van der Waals surface area contributed by atoms with Gasteiger partial charge in [-0.05, 0) is 57.4 Å². The Hall–Kier alpha value is -2.90. The number of likely N-dealkylation sites (tertiary alicyclic amines) is 2. The summed E-state index contributed by atoms with van der Waals surface area (Å²) in [6, 6.07) is 4.53. The number of carbonyl (C=O) groups is 3. The van der Waals surface area contributed by atoms with Crippen molar-refractivity contribution < 1.29 is 50.9 Å². The molecule has 1 spiro atoms. The second kappa shape index (κ2) is 12.2. The molecule has 198 valence electrons. The summed E-state index contributed by atoms with van der Waals surface area (Å²) in [5, 5.41) is 14.2. The Balaban J connectivity index is 0.000000362. The molecule has 1 unspecified atom stereocenters. The van der Waals surface area contributed by atoms with Crippen molar-refractivity contribution in [3.8, 4) is 0 Å². The van der Waals surface area contributed by atoms with E-state index in [-0.39, 0.29) is 5.41 Å². The van der Waals surface area contributed by atoms with Gasteiger partial charge in [0.25, 0.3) is 0 Å². The van der Waals surface area contributed by atoms with E-state index in [9.17, 15) is 31.1 Å². The smallest absolute Gasteiger partial charge is 0.475 e. The van der Waals surface area contributed by atoms with E-state index < -0.39 is 24.3 Å². The third-order valence-electron chi connectivity index (χ3n) is 5.55. The van der Waals surface area contributed by atoms with Crippen molar-refractivity contribution >= 4 is 17.8 Å². The van der Waals surface area contributed by atoms with E-state index in [1.54, 1.807) is 12.4 Å². The van der Waals surface area contributed by atoms with Crippen LogP contribution >= 0.6 is 0 Å². The molecule has 0 bridgehead atoms. The minimum absolute atomic E-state index is 0.116. The van der Waals surface area contributed by atoms with Crippen molar-refractivity contribution in [2.45, 2.75) is 58.0 Å². The number of hydrogen-bond acceptors (Lipinski definition) is 5. The van der Waals surface area contributed by atoms with Crippen LogP contribution in [0.1, 0.15) is 38.7 Å². The van der Waals surface area contributed by atoms with Gasteiger partial charge >= 0.3 is 24.3 Å². The highest BCUT2D eigenvalue weighted by Crippen LogP contribution is 2.41. The molecule has 1 aromatic heterocycles. The molecule has 1 atom stereocenters. The lowest BCUT2D eigenvalue weighted by molar-refractivity contribution is -0.193. The van der Waals surface area contributed by atoms with Crippen LogP contribution in [0.2, 0.25) is 0 Å². The van der Waals surface area contributed by atoms with E-state index in [2.05, 4.69) is 23.7 Å². The number of rotatable bonds is 3. The fraction of sp³-hybridized carbons (Fsp3) is 0.619. The molecule has 3 heterocycles. The lowest BCUT2D eigenvalue weighted by Crippen LogP contribution is -2.49. The van der Waals surface area contributed by atoms with Crippen molar-refractivity contribution in [3.63, 3.8) is 0 Å². The van der Waals surface area contributed by atoms with E-state index in [0.717, 1.165) is 45.4 Å². The van der Waals surface area contributed by atoms with Crippen molar-refractivity contribution in [1.29, 1.82) is 0 Å². The van der Waals surface area contributed by atoms with Crippen molar-refractivity contribution in [2.24, 2.45) is 5.41 Å². The molecule has 2 aliphatic rings. The van der Waals surface area contributed by atoms with Gasteiger partial charge in [0.2, 0.25) is 5.91 Å². The Bertz CT molecular complexity index is 839. The summed E-state index contributed by atoms with van der Waals surface area (Å²) >= 11 is 0. The maximum absolute atomic E-state index is 12.9. The number of carbonyl (C=O) groups excluding carboxylic acids is 1. The molecular formula is C21H27F6N3O5. The second-order valence-electron chi connectivity index (χ2n) is 8.39. The molecule has 2 aliphatic heterocycles. The summed E-state index contributed by atoms with van der Waals surface area (Å²) in [5.41, 5.74) is 1.06. The highest BCUT2D eigenvalue weighted by molar-refractivity contribution is 5.85. The maximum Gasteiger partial charge on any atom is 0.490 e. The topological polar surface area (TPSA) is 111 Å². The minimum Gasteiger partial charge on any atom is -0.475 e. The molecule has 8 nitrogen and oxygen atoms in total. The highest BCUT2D eigenvalue weighted by atomic mass is 19.4. The molecular weight excluding hydrogens is 488 g/mol. The summed E-state index contributed by atoms with van der Waals surface area (Å²) in [5.74, 6) is -5.15. The number of carboxylic acids is 2. The van der Waals surface area contributed by atoms with Crippen LogP contribution in [0.5, 0.6) is 0 Å². The fourth-order valence-electron chi connectivity index (χ4n) is 3.74. The van der Waals surface area contributed by atoms with E-state index >= 15 is 0 Å². The zero-order valence-corrected chi connectivity index (χ0v) is 19.1. The number of pyridine rings is 1. The molecule has 0 aromatic carbocycles. The molecule has 2 saturated heterocycles. The monoisotopic (exact) mass is 515 g/mol. The first-order valence-electron chi connectivity index (χ1n) is 10.5. The van der Waals surface area contributed by atoms with Gasteiger partial charge in [0.05, 0.1) is 5.41 Å². The van der Waals surface area contributed by atoms with Crippen LogP contribution in [0.3, 0.4) is 0 Å². The molecule has 2 fully saturated rings. The zero-order chi connectivity index (χ0) is 27.0. The molecule has 0 radical (unpaired) electrons. The average Bonchev–Trinajstić information content (AvgIpc) is 3.03.